The van der Waals surface area contributed by atoms with Crippen LogP contribution in [0.15, 0.2) is 12.2 Å². The second-order valence-corrected chi connectivity index (χ2v) is 15.3. The van der Waals surface area contributed by atoms with Crippen LogP contribution in [0.1, 0.15) is 47.5 Å². The molecule has 10 aliphatic rings. The Labute approximate surface area is 245 Å². The molecular formula is C30H34O13. The van der Waals surface area contributed by atoms with Crippen LogP contribution >= 0.6 is 0 Å². The van der Waals surface area contributed by atoms with Crippen molar-refractivity contribution in [1.29, 1.82) is 0 Å². The molecule has 43 heavy (non-hydrogen) atoms. The van der Waals surface area contributed by atoms with Crippen molar-refractivity contribution in [2.24, 2.45) is 34.5 Å². The van der Waals surface area contributed by atoms with Crippen LogP contribution in [0.5, 0.6) is 0 Å². The molecule has 6 saturated heterocycles. The van der Waals surface area contributed by atoms with Gasteiger partial charge in [-0.2, -0.15) is 0 Å². The Hall–Kier alpha value is -2.58. The topological polar surface area (TPSA) is 191 Å². The van der Waals surface area contributed by atoms with E-state index in [1.54, 1.807) is 27.7 Å². The molecule has 4 aliphatic carbocycles. The highest BCUT2D eigenvalue weighted by atomic mass is 16.7. The van der Waals surface area contributed by atoms with Crippen LogP contribution in [0, 0.1) is 34.5 Å². The van der Waals surface area contributed by atoms with Crippen LogP contribution in [0.3, 0.4) is 0 Å². The molecule has 10 fully saturated rings. The minimum absolute atomic E-state index is 0.189. The Balaban J connectivity index is 0.000000121. The predicted molar refractivity (Wildman–Crippen MR) is 135 cm³/mol. The number of esters is 4. The van der Waals surface area contributed by atoms with E-state index in [1.165, 1.54) is 0 Å². The Morgan fingerprint density at radius 3 is 1.72 bits per heavy atom. The summed E-state index contributed by atoms with van der Waals surface area (Å²) in [5.41, 5.74) is -7.49. The number of ether oxygens (including phenoxy) is 6. The molecule has 4 saturated carbocycles. The zero-order valence-electron chi connectivity index (χ0n) is 24.3. The summed E-state index contributed by atoms with van der Waals surface area (Å²) in [5.74, 6) is -4.37. The van der Waals surface area contributed by atoms with Gasteiger partial charge >= 0.3 is 23.9 Å². The molecule has 2 spiro atoms. The Morgan fingerprint density at radius 2 is 1.23 bits per heavy atom. The second-order valence-electron chi connectivity index (χ2n) is 15.3. The number of rotatable bonds is 2. The maximum atomic E-state index is 12.4. The monoisotopic (exact) mass is 602 g/mol. The van der Waals surface area contributed by atoms with E-state index in [0.29, 0.717) is 0 Å². The van der Waals surface area contributed by atoms with Gasteiger partial charge in [-0.1, -0.05) is 12.2 Å². The summed E-state index contributed by atoms with van der Waals surface area (Å²) < 4.78 is 33.2. The van der Waals surface area contributed by atoms with Crippen molar-refractivity contribution < 1.29 is 62.9 Å². The van der Waals surface area contributed by atoms with Gasteiger partial charge in [0.05, 0.1) is 39.5 Å². The average molecular weight is 603 g/mol. The fraction of sp³-hybridized carbons (Fsp3) is 0.800. The summed E-state index contributed by atoms with van der Waals surface area (Å²) >= 11 is 0. The third-order valence-corrected chi connectivity index (χ3v) is 13.4. The van der Waals surface area contributed by atoms with Crippen molar-refractivity contribution in [1.82, 2.24) is 0 Å². The maximum absolute atomic E-state index is 12.4. The van der Waals surface area contributed by atoms with E-state index in [1.807, 2.05) is 6.92 Å². The van der Waals surface area contributed by atoms with E-state index in [2.05, 4.69) is 6.58 Å². The zero-order chi connectivity index (χ0) is 30.8. The number of hydrogen-bond donors (Lipinski definition) is 3. The number of carbonyl (C=O) groups is 4. The molecule has 0 aromatic rings. The fourth-order valence-corrected chi connectivity index (χ4v) is 11.4. The molecule has 16 atom stereocenters. The van der Waals surface area contributed by atoms with Gasteiger partial charge in [0.25, 0.3) is 0 Å². The molecule has 0 radical (unpaired) electrons. The van der Waals surface area contributed by atoms with Crippen LogP contribution in [0.4, 0.5) is 0 Å². The highest BCUT2D eigenvalue weighted by Crippen LogP contribution is 2.78. The van der Waals surface area contributed by atoms with Crippen molar-refractivity contribution in [3.63, 3.8) is 0 Å². The first-order valence-corrected chi connectivity index (χ1v) is 14.9. The third-order valence-electron chi connectivity index (χ3n) is 13.4. The highest BCUT2D eigenvalue weighted by molar-refractivity contribution is 5.92. The number of hydrogen-bond acceptors (Lipinski definition) is 13. The minimum atomic E-state index is -1.47. The second kappa shape index (κ2) is 6.81. The standard InChI is InChI=1S/C15H18O7.C15H16O6/c1-12(2,18)6-7-10(16)20-8(6)9-13(3)14(7,19)4-5-15(13,22-5)11(17)21-9;1-5(2)7-8-11(16)19-9(7)10-13(3)14(8,18)4-6-15(13,21-6)12(17)20-10/h5-9,18-19H,4H2,1-3H3;6-10,18H,1,4H2,2-3H3/t5?,6-,7-,8+,9+,13-,14-,15+;6-,7+,8-,9+,10+,13-,14+,15+/m10/s1. The molecule has 0 aromatic heterocycles. The van der Waals surface area contributed by atoms with Crippen molar-refractivity contribution in [2.75, 3.05) is 0 Å². The van der Waals surface area contributed by atoms with Gasteiger partial charge in [0, 0.05) is 24.7 Å². The largest absolute Gasteiger partial charge is 0.458 e. The number of carbonyl (C=O) groups excluding carboxylic acids is 4. The van der Waals surface area contributed by atoms with Crippen LogP contribution in [0.25, 0.3) is 0 Å². The normalized spacial score (nSPS) is 61.3. The molecule has 0 aromatic carbocycles. The summed E-state index contributed by atoms with van der Waals surface area (Å²) in [5, 5.41) is 33.3. The van der Waals surface area contributed by atoms with E-state index in [9.17, 15) is 34.5 Å². The first kappa shape index (κ1) is 26.8. The lowest BCUT2D eigenvalue weighted by Gasteiger charge is -2.53. The van der Waals surface area contributed by atoms with Crippen LogP contribution in [-0.4, -0.2) is 104 Å². The van der Waals surface area contributed by atoms with E-state index in [4.69, 9.17) is 28.4 Å². The van der Waals surface area contributed by atoms with E-state index in [-0.39, 0.29) is 24.9 Å². The van der Waals surface area contributed by atoms with Gasteiger partial charge in [0.1, 0.15) is 24.4 Å². The lowest BCUT2D eigenvalue weighted by molar-refractivity contribution is -0.223. The Bertz CT molecular complexity index is 1500. The number of aliphatic hydroxyl groups is 3. The van der Waals surface area contributed by atoms with Gasteiger partial charge in [0.2, 0.25) is 11.2 Å². The smallest absolute Gasteiger partial charge is 0.342 e. The first-order valence-electron chi connectivity index (χ1n) is 14.9. The number of fused-ring (bicyclic) bond motifs is 8. The SMILES string of the molecule is C=C(C)[C@H]1[C@H]2OC(=O)[C@H]1[C@]1(O)C[C@@H]3O[C@@]34C(=O)O[C@H]2[C@@]14C.CC(C)(O)[C@H]1[C@@H]2OC(=O)[C@@H]1[C@]1(O)CC3O[C@]34C(=O)O[C@@H]2[C@@]41C. The molecule has 6 heterocycles. The molecule has 0 amide bonds. The van der Waals surface area contributed by atoms with Gasteiger partial charge in [-0.15, -0.1) is 0 Å². The van der Waals surface area contributed by atoms with Crippen LogP contribution < -0.4 is 0 Å². The third kappa shape index (κ3) is 2.29. The fourth-order valence-electron chi connectivity index (χ4n) is 11.4. The van der Waals surface area contributed by atoms with E-state index >= 15 is 0 Å². The molecule has 4 bridgehead atoms. The molecule has 232 valence electrons. The molecule has 3 N–H and O–H groups in total. The van der Waals surface area contributed by atoms with Crippen LogP contribution in [-0.2, 0) is 47.6 Å². The summed E-state index contributed by atoms with van der Waals surface area (Å²) in [6.45, 7) is 12.5. The quantitative estimate of drug-likeness (QED) is 0.152. The van der Waals surface area contributed by atoms with Crippen molar-refractivity contribution in [3.8, 4) is 0 Å². The van der Waals surface area contributed by atoms with E-state index in [0.717, 1.165) is 5.57 Å². The molecule has 10 rings (SSSR count). The average Bonchev–Trinajstić information content (AvgIpc) is 3.58. The van der Waals surface area contributed by atoms with Gasteiger partial charge in [0.15, 0.2) is 12.2 Å². The number of epoxide rings is 2. The summed E-state index contributed by atoms with van der Waals surface area (Å²) in [4.78, 5) is 49.4. The Kier molecular flexibility index (Phi) is 4.24. The van der Waals surface area contributed by atoms with Crippen molar-refractivity contribution in [2.45, 2.75) is 112 Å². The lowest BCUT2D eigenvalue weighted by Crippen LogP contribution is -2.68. The van der Waals surface area contributed by atoms with Gasteiger partial charge < -0.3 is 43.7 Å². The highest BCUT2D eigenvalue weighted by Gasteiger charge is 2.97. The van der Waals surface area contributed by atoms with Crippen LogP contribution in [0.2, 0.25) is 0 Å². The van der Waals surface area contributed by atoms with Gasteiger partial charge in [-0.05, 0) is 34.6 Å². The van der Waals surface area contributed by atoms with Gasteiger partial charge in [-0.3, -0.25) is 9.59 Å². The molecular weight excluding hydrogens is 568 g/mol. The molecule has 1 unspecified atom stereocenters. The van der Waals surface area contributed by atoms with Gasteiger partial charge in [-0.25, -0.2) is 9.59 Å². The van der Waals surface area contributed by atoms with Crippen molar-refractivity contribution >= 4 is 23.9 Å². The summed E-state index contributed by atoms with van der Waals surface area (Å²) in [7, 11) is 0. The molecule has 13 heteroatoms. The lowest BCUT2D eigenvalue weighted by atomic mass is 9.52. The summed E-state index contributed by atoms with van der Waals surface area (Å²) in [6.07, 6.45) is -3.12. The molecule has 13 nitrogen and oxygen atoms in total. The predicted octanol–water partition coefficient (Wildman–Crippen LogP) is -0.929. The minimum Gasteiger partial charge on any atom is -0.458 e. The Morgan fingerprint density at radius 1 is 0.791 bits per heavy atom. The van der Waals surface area contributed by atoms with E-state index < -0.39 is 111 Å². The zero-order valence-corrected chi connectivity index (χ0v) is 24.3. The first-order chi connectivity index (χ1) is 19.9. The van der Waals surface area contributed by atoms with Crippen molar-refractivity contribution in [3.05, 3.63) is 12.2 Å². The molecule has 6 aliphatic heterocycles. The maximum Gasteiger partial charge on any atom is 0.342 e. The summed E-state index contributed by atoms with van der Waals surface area (Å²) in [6, 6.07) is 0.